The molecular formula is C19H22N4O. The summed E-state index contributed by atoms with van der Waals surface area (Å²) in [5.74, 6) is 0. The average molecular weight is 322 g/mol. The molecule has 1 aliphatic carbocycles. The SMILES string of the molecule is O=C(N/N=C(\c1ccccc1)c1ccccn1)NC1CCCCC1. The summed E-state index contributed by atoms with van der Waals surface area (Å²) in [5.41, 5.74) is 4.91. The van der Waals surface area contributed by atoms with Crippen molar-refractivity contribution in [3.8, 4) is 0 Å². The Morgan fingerprint density at radius 2 is 1.75 bits per heavy atom. The molecule has 1 aromatic carbocycles. The van der Waals surface area contributed by atoms with Crippen molar-refractivity contribution in [2.45, 2.75) is 38.1 Å². The fourth-order valence-corrected chi connectivity index (χ4v) is 2.94. The number of pyridine rings is 1. The van der Waals surface area contributed by atoms with Crippen LogP contribution < -0.4 is 10.7 Å². The minimum Gasteiger partial charge on any atom is -0.334 e. The monoisotopic (exact) mass is 322 g/mol. The van der Waals surface area contributed by atoms with Crippen LogP contribution in [0.5, 0.6) is 0 Å². The lowest BCUT2D eigenvalue weighted by Gasteiger charge is -2.22. The quantitative estimate of drug-likeness (QED) is 0.668. The van der Waals surface area contributed by atoms with Gasteiger partial charge in [0.05, 0.1) is 5.69 Å². The molecule has 0 spiro atoms. The van der Waals surface area contributed by atoms with E-state index in [2.05, 4.69) is 20.8 Å². The summed E-state index contributed by atoms with van der Waals surface area (Å²) in [5, 5.41) is 7.32. The minimum absolute atomic E-state index is 0.254. The van der Waals surface area contributed by atoms with Crippen LogP contribution in [0.4, 0.5) is 4.79 Å². The number of hydrogen-bond donors (Lipinski definition) is 2. The Hall–Kier alpha value is -2.69. The predicted molar refractivity (Wildman–Crippen MR) is 94.9 cm³/mol. The largest absolute Gasteiger partial charge is 0.335 e. The van der Waals surface area contributed by atoms with Crippen molar-refractivity contribution in [3.05, 3.63) is 66.0 Å². The van der Waals surface area contributed by atoms with Gasteiger partial charge in [-0.3, -0.25) is 4.98 Å². The molecule has 0 bridgehead atoms. The Morgan fingerprint density at radius 1 is 1.00 bits per heavy atom. The highest BCUT2D eigenvalue weighted by Gasteiger charge is 2.15. The number of hydrogen-bond acceptors (Lipinski definition) is 3. The van der Waals surface area contributed by atoms with Gasteiger partial charge in [-0.15, -0.1) is 0 Å². The number of nitrogens with zero attached hydrogens (tertiary/aromatic N) is 2. The number of carbonyl (C=O) groups excluding carboxylic acids is 1. The van der Waals surface area contributed by atoms with E-state index in [1.54, 1.807) is 6.20 Å². The summed E-state index contributed by atoms with van der Waals surface area (Å²) in [6.45, 7) is 0. The summed E-state index contributed by atoms with van der Waals surface area (Å²) in [7, 11) is 0. The number of urea groups is 1. The van der Waals surface area contributed by atoms with Crippen LogP contribution in [0.25, 0.3) is 0 Å². The fraction of sp³-hybridized carbons (Fsp3) is 0.316. The van der Waals surface area contributed by atoms with Gasteiger partial charge in [-0.05, 0) is 25.0 Å². The van der Waals surface area contributed by atoms with Crippen molar-refractivity contribution in [1.82, 2.24) is 15.7 Å². The number of amides is 2. The molecule has 124 valence electrons. The lowest BCUT2D eigenvalue weighted by molar-refractivity contribution is 0.233. The second-order valence-electron chi connectivity index (χ2n) is 5.96. The highest BCUT2D eigenvalue weighted by molar-refractivity contribution is 6.11. The van der Waals surface area contributed by atoms with Crippen molar-refractivity contribution < 1.29 is 4.79 Å². The molecule has 1 aliphatic rings. The average Bonchev–Trinajstić information content (AvgIpc) is 2.64. The van der Waals surface area contributed by atoms with Gasteiger partial charge < -0.3 is 5.32 Å². The molecule has 1 fully saturated rings. The number of nitrogens with one attached hydrogen (secondary N) is 2. The molecule has 5 nitrogen and oxygen atoms in total. The second-order valence-corrected chi connectivity index (χ2v) is 5.96. The Balaban J connectivity index is 1.73. The summed E-state index contributed by atoms with van der Waals surface area (Å²) < 4.78 is 0. The van der Waals surface area contributed by atoms with Crippen molar-refractivity contribution in [2.24, 2.45) is 5.10 Å². The van der Waals surface area contributed by atoms with Crippen LogP contribution in [0.2, 0.25) is 0 Å². The maximum absolute atomic E-state index is 12.1. The standard InChI is InChI=1S/C19H22N4O/c24-19(21-16-11-5-2-6-12-16)23-22-18(15-9-3-1-4-10-15)17-13-7-8-14-20-17/h1,3-4,7-10,13-14,16H,2,5-6,11-12H2,(H2,21,23,24)/b22-18+. The fourth-order valence-electron chi connectivity index (χ4n) is 2.94. The minimum atomic E-state index is -0.258. The number of carbonyl (C=O) groups is 1. The number of rotatable bonds is 4. The van der Waals surface area contributed by atoms with Crippen LogP contribution in [-0.4, -0.2) is 22.8 Å². The molecule has 1 saturated carbocycles. The van der Waals surface area contributed by atoms with Gasteiger partial charge in [-0.25, -0.2) is 10.2 Å². The van der Waals surface area contributed by atoms with E-state index in [0.29, 0.717) is 5.71 Å². The molecule has 2 N–H and O–H groups in total. The van der Waals surface area contributed by atoms with Gasteiger partial charge in [-0.2, -0.15) is 5.10 Å². The number of aromatic nitrogens is 1. The molecule has 2 aromatic rings. The highest BCUT2D eigenvalue weighted by atomic mass is 16.2. The zero-order valence-corrected chi connectivity index (χ0v) is 13.6. The van der Waals surface area contributed by atoms with Gasteiger partial charge >= 0.3 is 6.03 Å². The molecule has 0 atom stereocenters. The van der Waals surface area contributed by atoms with Gasteiger partial charge in [0.2, 0.25) is 0 Å². The first kappa shape index (κ1) is 16.2. The third-order valence-corrected chi connectivity index (χ3v) is 4.16. The van der Waals surface area contributed by atoms with Crippen LogP contribution in [0, 0.1) is 0 Å². The predicted octanol–water partition coefficient (Wildman–Crippen LogP) is 3.47. The van der Waals surface area contributed by atoms with E-state index in [-0.39, 0.29) is 12.1 Å². The van der Waals surface area contributed by atoms with Gasteiger partial charge in [0, 0.05) is 17.8 Å². The van der Waals surface area contributed by atoms with Gasteiger partial charge in [0.15, 0.2) is 0 Å². The van der Waals surface area contributed by atoms with E-state index in [4.69, 9.17) is 0 Å². The van der Waals surface area contributed by atoms with E-state index >= 15 is 0 Å². The van der Waals surface area contributed by atoms with Gasteiger partial charge in [0.25, 0.3) is 0 Å². The molecule has 5 heteroatoms. The van der Waals surface area contributed by atoms with Crippen molar-refractivity contribution in [1.29, 1.82) is 0 Å². The molecule has 0 aliphatic heterocycles. The van der Waals surface area contributed by atoms with Gasteiger partial charge in [0.1, 0.15) is 5.71 Å². The van der Waals surface area contributed by atoms with Crippen LogP contribution in [0.15, 0.2) is 59.8 Å². The lowest BCUT2D eigenvalue weighted by Crippen LogP contribution is -2.41. The molecule has 3 rings (SSSR count). The van der Waals surface area contributed by atoms with E-state index in [9.17, 15) is 4.79 Å². The summed E-state index contributed by atoms with van der Waals surface area (Å²) in [4.78, 5) is 16.5. The third kappa shape index (κ3) is 4.41. The molecule has 0 saturated heterocycles. The van der Waals surface area contributed by atoms with Crippen LogP contribution in [0.1, 0.15) is 43.4 Å². The van der Waals surface area contributed by atoms with E-state index in [1.807, 2.05) is 48.5 Å². The first-order valence-corrected chi connectivity index (χ1v) is 8.44. The molecule has 2 amide bonds. The Bertz CT molecular complexity index is 638. The third-order valence-electron chi connectivity index (χ3n) is 4.16. The number of hydrazone groups is 1. The first-order valence-electron chi connectivity index (χ1n) is 8.44. The normalized spacial score (nSPS) is 15.8. The van der Waals surface area contributed by atoms with Crippen molar-refractivity contribution in [2.75, 3.05) is 0 Å². The highest BCUT2D eigenvalue weighted by Crippen LogP contribution is 2.17. The van der Waals surface area contributed by atoms with E-state index in [1.165, 1.54) is 19.3 Å². The number of benzene rings is 1. The molecule has 24 heavy (non-hydrogen) atoms. The zero-order valence-electron chi connectivity index (χ0n) is 13.6. The van der Waals surface area contributed by atoms with E-state index in [0.717, 1.165) is 24.1 Å². The lowest BCUT2D eigenvalue weighted by atomic mass is 9.96. The molecule has 0 unspecified atom stereocenters. The summed E-state index contributed by atoms with van der Waals surface area (Å²) in [6.07, 6.45) is 7.42. The summed E-state index contributed by atoms with van der Waals surface area (Å²) in [6, 6.07) is 15.4. The second kappa shape index (κ2) is 8.24. The molecule has 1 aromatic heterocycles. The maximum atomic E-state index is 12.1. The topological polar surface area (TPSA) is 66.4 Å². The first-order chi connectivity index (χ1) is 11.8. The van der Waals surface area contributed by atoms with E-state index < -0.39 is 0 Å². The zero-order chi connectivity index (χ0) is 16.6. The Morgan fingerprint density at radius 3 is 2.46 bits per heavy atom. The smallest absolute Gasteiger partial charge is 0.334 e. The van der Waals surface area contributed by atoms with Crippen molar-refractivity contribution >= 4 is 11.7 Å². The van der Waals surface area contributed by atoms with Gasteiger partial charge in [-0.1, -0.05) is 55.7 Å². The summed E-state index contributed by atoms with van der Waals surface area (Å²) >= 11 is 0. The molecule has 1 heterocycles. The van der Waals surface area contributed by atoms with Crippen LogP contribution in [-0.2, 0) is 0 Å². The van der Waals surface area contributed by atoms with Crippen LogP contribution in [0.3, 0.4) is 0 Å². The van der Waals surface area contributed by atoms with Crippen molar-refractivity contribution in [3.63, 3.8) is 0 Å². The molecule has 0 radical (unpaired) electrons. The van der Waals surface area contributed by atoms with Crippen LogP contribution >= 0.6 is 0 Å². The maximum Gasteiger partial charge on any atom is 0.335 e. The Labute approximate surface area is 142 Å². The Kier molecular flexibility index (Phi) is 5.56. The molecular weight excluding hydrogens is 300 g/mol.